The van der Waals surface area contributed by atoms with E-state index in [1.54, 1.807) is 0 Å². The van der Waals surface area contributed by atoms with E-state index in [1.165, 1.54) is 22.3 Å². The zero-order chi connectivity index (χ0) is 20.3. The molecule has 0 atom stereocenters. The monoisotopic (exact) mass is 395 g/mol. The van der Waals surface area contributed by atoms with Gasteiger partial charge in [0.15, 0.2) is 0 Å². The van der Waals surface area contributed by atoms with Gasteiger partial charge >= 0.3 is 0 Å². The molecule has 0 aliphatic heterocycles. The molecule has 0 aromatic heterocycles. The van der Waals surface area contributed by atoms with E-state index in [2.05, 4.69) is 116 Å². The van der Waals surface area contributed by atoms with E-state index in [0.29, 0.717) is 0 Å². The maximum atomic E-state index is 4.94. The van der Waals surface area contributed by atoms with E-state index in [4.69, 9.17) is 12.6 Å². The Labute approximate surface area is 179 Å². The van der Waals surface area contributed by atoms with Gasteiger partial charge in [-0.2, -0.15) is 12.6 Å². The minimum atomic E-state index is -0.370. The molecule has 1 nitrogen and oxygen atoms in total. The largest absolute Gasteiger partial charge is 0.327 e. The zero-order valence-electron chi connectivity index (χ0n) is 16.8. The van der Waals surface area contributed by atoms with Gasteiger partial charge in [-0.05, 0) is 60.4 Å². The fourth-order valence-electron chi connectivity index (χ4n) is 3.69. The normalized spacial score (nSPS) is 11.3. The van der Waals surface area contributed by atoms with Crippen LogP contribution in [0.2, 0.25) is 0 Å². The van der Waals surface area contributed by atoms with Crippen LogP contribution in [-0.2, 0) is 0 Å². The molecule has 2 heteroatoms. The van der Waals surface area contributed by atoms with Crippen LogP contribution >= 0.6 is 12.6 Å². The van der Waals surface area contributed by atoms with Crippen molar-refractivity contribution in [2.45, 2.75) is 18.7 Å². The predicted molar refractivity (Wildman–Crippen MR) is 129 cm³/mol. The Kier molecular flexibility index (Phi) is 5.46. The van der Waals surface area contributed by atoms with Crippen LogP contribution in [-0.4, -0.2) is 4.87 Å². The summed E-state index contributed by atoms with van der Waals surface area (Å²) in [6.07, 6.45) is 0. The van der Waals surface area contributed by atoms with Crippen LogP contribution in [0.15, 0.2) is 109 Å². The van der Waals surface area contributed by atoms with Gasteiger partial charge in [0.25, 0.3) is 0 Å². The first-order valence-corrected chi connectivity index (χ1v) is 10.3. The molecule has 0 aliphatic rings. The maximum Gasteiger partial charge on any atom is 0.0824 e. The second kappa shape index (κ2) is 8.18. The van der Waals surface area contributed by atoms with Crippen molar-refractivity contribution in [2.24, 2.45) is 0 Å². The van der Waals surface area contributed by atoms with E-state index in [9.17, 15) is 0 Å². The topological polar surface area (TPSA) is 3.24 Å². The average molecular weight is 396 g/mol. The molecule has 0 fully saturated rings. The van der Waals surface area contributed by atoms with Crippen LogP contribution in [0.5, 0.6) is 0 Å². The highest BCUT2D eigenvalue weighted by atomic mass is 32.1. The van der Waals surface area contributed by atoms with Crippen molar-refractivity contribution in [1.29, 1.82) is 0 Å². The number of hydrogen-bond donors (Lipinski definition) is 1. The lowest BCUT2D eigenvalue weighted by Crippen LogP contribution is -2.35. The molecule has 29 heavy (non-hydrogen) atoms. The van der Waals surface area contributed by atoms with Crippen molar-refractivity contribution in [3.05, 3.63) is 109 Å². The lowest BCUT2D eigenvalue weighted by molar-refractivity contribution is 0.729. The number of hydrogen-bond acceptors (Lipinski definition) is 2. The summed E-state index contributed by atoms with van der Waals surface area (Å²) in [4.78, 5) is 1.92. The second-order valence-corrected chi connectivity index (χ2v) is 8.76. The predicted octanol–water partition coefficient (Wildman–Crippen LogP) is 7.82. The van der Waals surface area contributed by atoms with Gasteiger partial charge < -0.3 is 4.90 Å². The molecule has 0 radical (unpaired) electrons. The molecule has 144 valence electrons. The first-order chi connectivity index (χ1) is 14.0. The van der Waals surface area contributed by atoms with E-state index >= 15 is 0 Å². The van der Waals surface area contributed by atoms with E-state index in [1.807, 2.05) is 12.1 Å². The Balaban J connectivity index is 1.79. The van der Waals surface area contributed by atoms with Crippen LogP contribution in [0.25, 0.3) is 22.3 Å². The first-order valence-electron chi connectivity index (χ1n) is 9.86. The lowest BCUT2D eigenvalue weighted by atomic mass is 10.0. The van der Waals surface area contributed by atoms with Crippen molar-refractivity contribution in [1.82, 2.24) is 0 Å². The molecule has 0 unspecified atom stereocenters. The summed E-state index contributed by atoms with van der Waals surface area (Å²) in [5.74, 6) is 0. The summed E-state index contributed by atoms with van der Waals surface area (Å²) in [5.41, 5.74) is 7.07. The third-order valence-corrected chi connectivity index (χ3v) is 5.17. The lowest BCUT2D eigenvalue weighted by Gasteiger charge is -2.37. The fraction of sp³-hybridized carbons (Fsp3) is 0.111. The van der Waals surface area contributed by atoms with E-state index in [0.717, 1.165) is 11.4 Å². The third-order valence-electron chi connectivity index (χ3n) is 4.97. The van der Waals surface area contributed by atoms with Crippen LogP contribution in [0, 0.1) is 0 Å². The Morgan fingerprint density at radius 1 is 0.517 bits per heavy atom. The molecule has 0 amide bonds. The second-order valence-electron chi connectivity index (χ2n) is 7.66. The quantitative estimate of drug-likeness (QED) is 0.266. The minimum Gasteiger partial charge on any atom is -0.327 e. The molecular formula is C27H25NS. The van der Waals surface area contributed by atoms with Gasteiger partial charge in [-0.15, -0.1) is 0 Å². The van der Waals surface area contributed by atoms with E-state index < -0.39 is 0 Å². The molecular weight excluding hydrogens is 370 g/mol. The van der Waals surface area contributed by atoms with Crippen molar-refractivity contribution in [3.8, 4) is 22.3 Å². The summed E-state index contributed by atoms with van der Waals surface area (Å²) in [6, 6.07) is 38.3. The van der Waals surface area contributed by atoms with Crippen molar-refractivity contribution < 1.29 is 0 Å². The van der Waals surface area contributed by atoms with Gasteiger partial charge in [-0.25, -0.2) is 0 Å². The van der Waals surface area contributed by atoms with Gasteiger partial charge in [-0.1, -0.05) is 84.9 Å². The Morgan fingerprint density at radius 2 is 0.897 bits per heavy atom. The summed E-state index contributed by atoms with van der Waals surface area (Å²) in [7, 11) is 0. The van der Waals surface area contributed by atoms with Gasteiger partial charge in [-0.3, -0.25) is 0 Å². The number of rotatable bonds is 5. The fourth-order valence-corrected chi connectivity index (χ4v) is 3.92. The zero-order valence-corrected chi connectivity index (χ0v) is 17.7. The SMILES string of the molecule is CC(C)(S)N(c1cccc(-c2ccccc2)c1)c1cccc(-c2ccccc2)c1. The third kappa shape index (κ3) is 4.38. The molecule has 4 aromatic rings. The molecule has 0 saturated heterocycles. The highest BCUT2D eigenvalue weighted by Gasteiger charge is 2.25. The van der Waals surface area contributed by atoms with E-state index in [-0.39, 0.29) is 4.87 Å². The molecule has 0 heterocycles. The van der Waals surface area contributed by atoms with Crippen LogP contribution in [0.1, 0.15) is 13.8 Å². The van der Waals surface area contributed by atoms with Crippen LogP contribution < -0.4 is 4.90 Å². The molecule has 0 aliphatic carbocycles. The average Bonchev–Trinajstić information content (AvgIpc) is 2.75. The van der Waals surface area contributed by atoms with Gasteiger partial charge in [0.05, 0.1) is 4.87 Å². The summed E-state index contributed by atoms with van der Waals surface area (Å²) in [6.45, 7) is 4.25. The number of benzene rings is 4. The minimum absolute atomic E-state index is 0.370. The van der Waals surface area contributed by atoms with Crippen molar-refractivity contribution in [3.63, 3.8) is 0 Å². The Morgan fingerprint density at radius 3 is 1.28 bits per heavy atom. The summed E-state index contributed by atoms with van der Waals surface area (Å²) in [5, 5.41) is 0. The molecule has 4 rings (SSSR count). The van der Waals surface area contributed by atoms with Crippen LogP contribution in [0.4, 0.5) is 11.4 Å². The summed E-state index contributed by atoms with van der Waals surface area (Å²) >= 11 is 4.94. The maximum absolute atomic E-state index is 4.94. The van der Waals surface area contributed by atoms with Crippen molar-refractivity contribution >= 4 is 24.0 Å². The molecule has 0 saturated carbocycles. The Bertz CT molecular complexity index is 999. The smallest absolute Gasteiger partial charge is 0.0824 e. The number of thiol groups is 1. The number of nitrogens with zero attached hydrogens (tertiary/aromatic N) is 1. The molecule has 0 spiro atoms. The standard InChI is InChI=1S/C27H25NS/c1-27(2,29)28(25-17-9-15-23(19-25)21-11-5-3-6-12-21)26-18-10-16-24(20-26)22-13-7-4-8-14-22/h3-20,29H,1-2H3. The first kappa shape index (κ1) is 19.4. The number of anilines is 2. The van der Waals surface area contributed by atoms with Gasteiger partial charge in [0.2, 0.25) is 0 Å². The van der Waals surface area contributed by atoms with Gasteiger partial charge in [0.1, 0.15) is 0 Å². The Hall–Kier alpha value is -2.97. The molecule has 4 aromatic carbocycles. The molecule has 0 N–H and O–H groups in total. The summed E-state index contributed by atoms with van der Waals surface area (Å²) < 4.78 is 0. The van der Waals surface area contributed by atoms with Crippen molar-refractivity contribution in [2.75, 3.05) is 4.90 Å². The molecule has 0 bridgehead atoms. The van der Waals surface area contributed by atoms with Gasteiger partial charge in [0, 0.05) is 11.4 Å². The highest BCUT2D eigenvalue weighted by Crippen LogP contribution is 2.38. The highest BCUT2D eigenvalue weighted by molar-refractivity contribution is 7.81. The van der Waals surface area contributed by atoms with Crippen LogP contribution in [0.3, 0.4) is 0 Å².